The number of carboxylic acids is 1. The molecule has 0 spiro atoms. The van der Waals surface area contributed by atoms with Crippen LogP contribution in [-0.4, -0.2) is 52.2 Å². The molecule has 2 N–H and O–H groups in total. The molecule has 1 aromatic rings. The molecule has 1 heterocycles. The number of nitrogens with one attached hydrogen (secondary N) is 1. The monoisotopic (exact) mass is 376 g/mol. The number of carboxylic acid groups (broad SMARTS) is 1. The summed E-state index contributed by atoms with van der Waals surface area (Å²) in [4.78, 5) is 38.1. The maximum atomic E-state index is 12.7. The third-order valence-corrected chi connectivity index (χ3v) is 4.90. The maximum Gasteiger partial charge on any atom is 0.410 e. The molecule has 0 saturated carbocycles. The van der Waals surface area contributed by atoms with Crippen molar-refractivity contribution in [3.05, 3.63) is 35.9 Å². The van der Waals surface area contributed by atoms with Crippen LogP contribution in [0.2, 0.25) is 0 Å². The van der Waals surface area contributed by atoms with E-state index < -0.39 is 35.7 Å². The molecule has 7 nitrogen and oxygen atoms in total. The fourth-order valence-electron chi connectivity index (χ4n) is 2.94. The second-order valence-corrected chi connectivity index (χ2v) is 7.42. The molecule has 0 bridgehead atoms. The number of ether oxygens (including phenoxy) is 1. The predicted molar refractivity (Wildman–Crippen MR) is 100 cm³/mol. The third-order valence-electron chi connectivity index (χ3n) is 4.90. The van der Waals surface area contributed by atoms with Gasteiger partial charge in [0, 0.05) is 13.0 Å². The smallest absolute Gasteiger partial charge is 0.410 e. The summed E-state index contributed by atoms with van der Waals surface area (Å²) < 4.78 is 5.49. The van der Waals surface area contributed by atoms with Gasteiger partial charge in [0.2, 0.25) is 5.91 Å². The standard InChI is InChI=1S/C20H28N2O5/c1-4-20(2,3)27-19(26)22-12-8-11-16(22)17(23)21-15(18(24)25)13-14-9-6-5-7-10-14/h5-7,9-10,15-16H,4,8,11-13H2,1-3H3,(H,21,23)(H,24,25)/t15-,16?/m0/s1. The number of carbonyl (C=O) groups excluding carboxylic acids is 2. The molecule has 0 radical (unpaired) electrons. The van der Waals surface area contributed by atoms with Crippen molar-refractivity contribution in [1.29, 1.82) is 0 Å². The van der Waals surface area contributed by atoms with Crippen molar-refractivity contribution in [2.24, 2.45) is 0 Å². The van der Waals surface area contributed by atoms with Gasteiger partial charge in [-0.15, -0.1) is 0 Å². The van der Waals surface area contributed by atoms with E-state index in [1.54, 1.807) is 0 Å². The number of hydrogen-bond donors (Lipinski definition) is 2. The highest BCUT2D eigenvalue weighted by Crippen LogP contribution is 2.22. The Hall–Kier alpha value is -2.57. The molecule has 1 fully saturated rings. The normalized spacial score (nSPS) is 18.0. The average molecular weight is 376 g/mol. The summed E-state index contributed by atoms with van der Waals surface area (Å²) in [5, 5.41) is 12.0. The fourth-order valence-corrected chi connectivity index (χ4v) is 2.94. The first-order valence-corrected chi connectivity index (χ1v) is 9.30. The van der Waals surface area contributed by atoms with Gasteiger partial charge in [-0.3, -0.25) is 9.69 Å². The SMILES string of the molecule is CCC(C)(C)OC(=O)N1CCCC1C(=O)N[C@@H](Cc1ccccc1)C(=O)O. The van der Waals surface area contributed by atoms with Crippen LogP contribution in [0.3, 0.4) is 0 Å². The van der Waals surface area contributed by atoms with E-state index in [9.17, 15) is 19.5 Å². The van der Waals surface area contributed by atoms with Gasteiger partial charge in [-0.1, -0.05) is 37.3 Å². The molecule has 1 aliphatic rings. The first kappa shape index (κ1) is 20.7. The van der Waals surface area contributed by atoms with Gasteiger partial charge in [-0.05, 0) is 38.7 Å². The minimum absolute atomic E-state index is 0.182. The Morgan fingerprint density at radius 1 is 1.30 bits per heavy atom. The van der Waals surface area contributed by atoms with Crippen LogP contribution >= 0.6 is 0 Å². The van der Waals surface area contributed by atoms with Gasteiger partial charge in [0.15, 0.2) is 0 Å². The first-order valence-electron chi connectivity index (χ1n) is 9.30. The minimum atomic E-state index is -1.11. The molecule has 2 amide bonds. The second-order valence-electron chi connectivity index (χ2n) is 7.42. The Morgan fingerprint density at radius 2 is 1.96 bits per heavy atom. The Morgan fingerprint density at radius 3 is 2.56 bits per heavy atom. The molecule has 27 heavy (non-hydrogen) atoms. The van der Waals surface area contributed by atoms with Crippen LogP contribution in [0, 0.1) is 0 Å². The molecular formula is C20H28N2O5. The van der Waals surface area contributed by atoms with Crippen molar-refractivity contribution in [2.75, 3.05) is 6.54 Å². The molecular weight excluding hydrogens is 348 g/mol. The number of hydrogen-bond acceptors (Lipinski definition) is 4. The quantitative estimate of drug-likeness (QED) is 0.762. The van der Waals surface area contributed by atoms with Crippen LogP contribution in [0.1, 0.15) is 45.6 Å². The summed E-state index contributed by atoms with van der Waals surface area (Å²) in [5.41, 5.74) is 0.204. The van der Waals surface area contributed by atoms with E-state index >= 15 is 0 Å². The number of rotatable bonds is 7. The second kappa shape index (κ2) is 8.88. The minimum Gasteiger partial charge on any atom is -0.480 e. The summed E-state index contributed by atoms with van der Waals surface area (Å²) in [6, 6.07) is 7.36. The van der Waals surface area contributed by atoms with Crippen molar-refractivity contribution >= 4 is 18.0 Å². The lowest BCUT2D eigenvalue weighted by Crippen LogP contribution is -2.52. The molecule has 2 rings (SSSR count). The Labute approximate surface area is 159 Å². The summed E-state index contributed by atoms with van der Waals surface area (Å²) >= 11 is 0. The molecule has 2 atom stereocenters. The number of amides is 2. The zero-order valence-corrected chi connectivity index (χ0v) is 16.1. The molecule has 1 aromatic carbocycles. The molecule has 0 aromatic heterocycles. The average Bonchev–Trinajstić information content (AvgIpc) is 3.11. The lowest BCUT2D eigenvalue weighted by atomic mass is 10.1. The number of likely N-dealkylation sites (tertiary alicyclic amines) is 1. The summed E-state index contributed by atoms with van der Waals surface area (Å²) in [6.45, 7) is 5.97. The molecule has 1 unspecified atom stereocenters. The van der Waals surface area contributed by atoms with Crippen LogP contribution in [0.5, 0.6) is 0 Å². The summed E-state index contributed by atoms with van der Waals surface area (Å²) in [5.74, 6) is -1.56. The van der Waals surface area contributed by atoms with Crippen molar-refractivity contribution in [3.63, 3.8) is 0 Å². The van der Waals surface area contributed by atoms with Gasteiger partial charge in [0.05, 0.1) is 0 Å². The summed E-state index contributed by atoms with van der Waals surface area (Å²) in [7, 11) is 0. The highest BCUT2D eigenvalue weighted by molar-refractivity contribution is 5.89. The highest BCUT2D eigenvalue weighted by Gasteiger charge is 2.38. The largest absolute Gasteiger partial charge is 0.480 e. The number of nitrogens with zero attached hydrogens (tertiary/aromatic N) is 1. The number of benzene rings is 1. The van der Waals surface area contributed by atoms with Crippen molar-refractivity contribution < 1.29 is 24.2 Å². The van der Waals surface area contributed by atoms with Crippen molar-refractivity contribution in [1.82, 2.24) is 10.2 Å². The van der Waals surface area contributed by atoms with Gasteiger partial charge in [-0.25, -0.2) is 9.59 Å². The van der Waals surface area contributed by atoms with E-state index in [1.807, 2.05) is 51.1 Å². The molecule has 0 aliphatic carbocycles. The fraction of sp³-hybridized carbons (Fsp3) is 0.550. The lowest BCUT2D eigenvalue weighted by Gasteiger charge is -2.30. The van der Waals surface area contributed by atoms with Crippen molar-refractivity contribution in [3.8, 4) is 0 Å². The van der Waals surface area contributed by atoms with E-state index in [0.717, 1.165) is 5.56 Å². The van der Waals surface area contributed by atoms with E-state index in [0.29, 0.717) is 25.8 Å². The third kappa shape index (κ3) is 5.70. The molecule has 1 saturated heterocycles. The van der Waals surface area contributed by atoms with Gasteiger partial charge < -0.3 is 15.2 Å². The van der Waals surface area contributed by atoms with Gasteiger partial charge in [-0.2, -0.15) is 0 Å². The van der Waals surface area contributed by atoms with Crippen LogP contribution in [0.25, 0.3) is 0 Å². The van der Waals surface area contributed by atoms with Gasteiger partial charge >= 0.3 is 12.1 Å². The van der Waals surface area contributed by atoms with E-state index in [-0.39, 0.29) is 6.42 Å². The van der Waals surface area contributed by atoms with E-state index in [1.165, 1.54) is 4.90 Å². The number of aliphatic carboxylic acids is 1. The topological polar surface area (TPSA) is 95.9 Å². The van der Waals surface area contributed by atoms with Crippen LogP contribution in [0.4, 0.5) is 4.79 Å². The maximum absolute atomic E-state index is 12.7. The molecule has 7 heteroatoms. The highest BCUT2D eigenvalue weighted by atomic mass is 16.6. The van der Waals surface area contributed by atoms with Crippen molar-refractivity contribution in [2.45, 2.75) is 64.1 Å². The summed E-state index contributed by atoms with van der Waals surface area (Å²) in [6.07, 6.45) is 1.47. The zero-order valence-electron chi connectivity index (χ0n) is 16.1. The Balaban J connectivity index is 2.03. The predicted octanol–water partition coefficient (Wildman–Crippen LogP) is 2.59. The Bertz CT molecular complexity index is 674. The Kier molecular flexibility index (Phi) is 6.82. The van der Waals surface area contributed by atoms with Gasteiger partial charge in [0.25, 0.3) is 0 Å². The molecule has 1 aliphatic heterocycles. The van der Waals surface area contributed by atoms with E-state index in [4.69, 9.17) is 4.74 Å². The van der Waals surface area contributed by atoms with Crippen LogP contribution in [-0.2, 0) is 20.7 Å². The van der Waals surface area contributed by atoms with Crippen LogP contribution in [0.15, 0.2) is 30.3 Å². The zero-order chi connectivity index (χ0) is 20.0. The van der Waals surface area contributed by atoms with Gasteiger partial charge in [0.1, 0.15) is 17.7 Å². The lowest BCUT2D eigenvalue weighted by molar-refractivity contribution is -0.142. The number of carbonyl (C=O) groups is 3. The van der Waals surface area contributed by atoms with E-state index in [2.05, 4.69) is 5.32 Å². The van der Waals surface area contributed by atoms with Crippen LogP contribution < -0.4 is 5.32 Å². The first-order chi connectivity index (χ1) is 12.7. The molecule has 148 valence electrons.